The molecule has 0 saturated heterocycles. The fourth-order valence-corrected chi connectivity index (χ4v) is 3.72. The summed E-state index contributed by atoms with van der Waals surface area (Å²) in [4.78, 5) is -0.359. The Morgan fingerprint density at radius 3 is 2.38 bits per heavy atom. The van der Waals surface area contributed by atoms with Crippen LogP contribution < -0.4 is 0 Å². The van der Waals surface area contributed by atoms with Crippen LogP contribution in [0.1, 0.15) is 5.76 Å². The maximum Gasteiger partial charge on any atom is 0.216 e. The number of rotatable bonds is 4. The van der Waals surface area contributed by atoms with Gasteiger partial charge in [0, 0.05) is 11.6 Å². The first-order valence-corrected chi connectivity index (χ1v) is 9.63. The summed E-state index contributed by atoms with van der Waals surface area (Å²) in [7, 11) is -3.92. The first-order chi connectivity index (χ1) is 12.4. The lowest BCUT2D eigenvalue weighted by Crippen LogP contribution is -2.03. The maximum absolute atomic E-state index is 12.6. The zero-order valence-electron chi connectivity index (χ0n) is 13.2. The molecule has 0 saturated carbocycles. The Bertz CT molecular complexity index is 1130. The molecule has 0 bridgehead atoms. The van der Waals surface area contributed by atoms with E-state index in [1.54, 1.807) is 54.6 Å². The molecule has 0 aliphatic heterocycles. The van der Waals surface area contributed by atoms with E-state index in [9.17, 15) is 13.7 Å². The van der Waals surface area contributed by atoms with Gasteiger partial charge in [-0.25, -0.2) is 8.42 Å². The van der Waals surface area contributed by atoms with Crippen molar-refractivity contribution >= 4 is 39.1 Å². The van der Waals surface area contributed by atoms with Crippen LogP contribution in [0.2, 0.25) is 10.0 Å². The number of furan rings is 1. The molecule has 3 aromatic rings. The largest absolute Gasteiger partial charge is 0.457 e. The normalized spacial score (nSPS) is 12.0. The van der Waals surface area contributed by atoms with Crippen molar-refractivity contribution in [1.82, 2.24) is 0 Å². The lowest BCUT2D eigenvalue weighted by Gasteiger charge is -2.02. The van der Waals surface area contributed by atoms with Crippen molar-refractivity contribution in [2.75, 3.05) is 0 Å². The Labute approximate surface area is 160 Å². The molecular weight excluding hydrogens is 393 g/mol. The average Bonchev–Trinajstić information content (AvgIpc) is 3.11. The van der Waals surface area contributed by atoms with Crippen LogP contribution in [0.5, 0.6) is 0 Å². The first kappa shape index (κ1) is 18.3. The second kappa shape index (κ2) is 7.38. The van der Waals surface area contributed by atoms with Gasteiger partial charge in [-0.3, -0.25) is 0 Å². The van der Waals surface area contributed by atoms with Gasteiger partial charge in [0.15, 0.2) is 4.91 Å². The molecule has 0 N–H and O–H groups in total. The highest BCUT2D eigenvalue weighted by molar-refractivity contribution is 7.95. The Morgan fingerprint density at radius 2 is 1.73 bits per heavy atom. The third-order valence-corrected chi connectivity index (χ3v) is 5.98. The van der Waals surface area contributed by atoms with Crippen molar-refractivity contribution in [1.29, 1.82) is 5.26 Å². The Balaban J connectivity index is 1.98. The zero-order chi connectivity index (χ0) is 18.7. The lowest BCUT2D eigenvalue weighted by molar-refractivity contribution is 0.571. The molecule has 0 aliphatic rings. The summed E-state index contributed by atoms with van der Waals surface area (Å²) in [6.45, 7) is 0. The molecule has 0 amide bonds. The molecular formula is C19H11Cl2NO3S. The molecule has 0 spiro atoms. The molecule has 2 aromatic carbocycles. The second-order valence-electron chi connectivity index (χ2n) is 5.27. The summed E-state index contributed by atoms with van der Waals surface area (Å²) in [6, 6.07) is 17.7. The van der Waals surface area contributed by atoms with Gasteiger partial charge >= 0.3 is 0 Å². The molecule has 7 heteroatoms. The van der Waals surface area contributed by atoms with Crippen molar-refractivity contribution in [3.63, 3.8) is 0 Å². The molecule has 0 atom stereocenters. The van der Waals surface area contributed by atoms with Crippen molar-refractivity contribution in [2.24, 2.45) is 0 Å². The van der Waals surface area contributed by atoms with Gasteiger partial charge < -0.3 is 4.42 Å². The van der Waals surface area contributed by atoms with Crippen molar-refractivity contribution in [3.05, 3.63) is 81.4 Å². The topological polar surface area (TPSA) is 71.1 Å². The minimum atomic E-state index is -3.92. The fourth-order valence-electron chi connectivity index (χ4n) is 2.26. The molecule has 0 fully saturated rings. The van der Waals surface area contributed by atoms with E-state index in [0.29, 0.717) is 21.4 Å². The zero-order valence-corrected chi connectivity index (χ0v) is 15.5. The van der Waals surface area contributed by atoms with Crippen LogP contribution in [0.15, 0.2) is 74.9 Å². The number of nitrogens with zero attached hydrogens (tertiary/aromatic N) is 1. The van der Waals surface area contributed by atoms with Crippen LogP contribution in [0.25, 0.3) is 17.4 Å². The predicted octanol–water partition coefficient (Wildman–Crippen LogP) is 5.59. The van der Waals surface area contributed by atoms with Crippen LogP contribution in [0, 0.1) is 11.3 Å². The highest BCUT2D eigenvalue weighted by Crippen LogP contribution is 2.30. The van der Waals surface area contributed by atoms with Gasteiger partial charge in [0.25, 0.3) is 0 Å². The fraction of sp³-hybridized carbons (Fsp3) is 0. The number of hydrogen-bond acceptors (Lipinski definition) is 4. The minimum absolute atomic E-state index is 0.0454. The molecule has 0 radical (unpaired) electrons. The predicted molar refractivity (Wildman–Crippen MR) is 101 cm³/mol. The van der Waals surface area contributed by atoms with Gasteiger partial charge in [0.1, 0.15) is 17.6 Å². The molecule has 3 rings (SSSR count). The Morgan fingerprint density at radius 1 is 1.00 bits per heavy atom. The molecule has 130 valence electrons. The molecule has 4 nitrogen and oxygen atoms in total. The standard InChI is InChI=1S/C19H11Cl2NO3S/c20-17-8-6-13(10-18(17)21)19-9-7-14(25-19)11-16(12-22)26(23,24)15-4-2-1-3-5-15/h1-11H. The summed E-state index contributed by atoms with van der Waals surface area (Å²) >= 11 is 11.9. The molecule has 26 heavy (non-hydrogen) atoms. The third kappa shape index (κ3) is 3.68. The van der Waals surface area contributed by atoms with Gasteiger partial charge in [-0.2, -0.15) is 5.26 Å². The van der Waals surface area contributed by atoms with E-state index in [2.05, 4.69) is 0 Å². The van der Waals surface area contributed by atoms with E-state index in [1.165, 1.54) is 18.2 Å². The van der Waals surface area contributed by atoms with E-state index < -0.39 is 14.7 Å². The summed E-state index contributed by atoms with van der Waals surface area (Å²) in [6.07, 6.45) is 1.20. The van der Waals surface area contributed by atoms with Crippen molar-refractivity contribution in [2.45, 2.75) is 4.90 Å². The third-order valence-electron chi connectivity index (χ3n) is 3.56. The molecule has 0 aliphatic carbocycles. The smallest absolute Gasteiger partial charge is 0.216 e. The van der Waals surface area contributed by atoms with Gasteiger partial charge in [-0.15, -0.1) is 0 Å². The summed E-state index contributed by atoms with van der Waals surface area (Å²) in [5.74, 6) is 0.714. The van der Waals surface area contributed by atoms with Gasteiger partial charge in [0.2, 0.25) is 9.84 Å². The summed E-state index contributed by atoms with van der Waals surface area (Å²) < 4.78 is 30.8. The van der Waals surface area contributed by atoms with Crippen molar-refractivity contribution in [3.8, 4) is 17.4 Å². The number of benzene rings is 2. The van der Waals surface area contributed by atoms with E-state index in [-0.39, 0.29) is 10.7 Å². The van der Waals surface area contributed by atoms with Crippen LogP contribution in [-0.4, -0.2) is 8.42 Å². The van der Waals surface area contributed by atoms with Gasteiger partial charge in [0.05, 0.1) is 14.9 Å². The van der Waals surface area contributed by atoms with Crippen LogP contribution in [0.4, 0.5) is 0 Å². The SMILES string of the molecule is N#CC(=Cc1ccc(-c2ccc(Cl)c(Cl)c2)o1)S(=O)(=O)c1ccccc1. The highest BCUT2D eigenvalue weighted by atomic mass is 35.5. The van der Waals surface area contributed by atoms with E-state index >= 15 is 0 Å². The molecule has 0 unspecified atom stereocenters. The monoisotopic (exact) mass is 403 g/mol. The first-order valence-electron chi connectivity index (χ1n) is 7.39. The maximum atomic E-state index is 12.6. The quantitative estimate of drug-likeness (QED) is 0.532. The number of hydrogen-bond donors (Lipinski definition) is 0. The van der Waals surface area contributed by atoms with Gasteiger partial charge in [-0.05, 0) is 42.5 Å². The van der Waals surface area contributed by atoms with Crippen LogP contribution in [0.3, 0.4) is 0 Å². The van der Waals surface area contributed by atoms with Crippen molar-refractivity contribution < 1.29 is 12.8 Å². The van der Waals surface area contributed by atoms with Crippen LogP contribution >= 0.6 is 23.2 Å². The van der Waals surface area contributed by atoms with E-state index in [1.807, 2.05) is 0 Å². The minimum Gasteiger partial charge on any atom is -0.457 e. The van der Waals surface area contributed by atoms with E-state index in [4.69, 9.17) is 27.6 Å². The number of allylic oxidation sites excluding steroid dienone is 1. The highest BCUT2D eigenvalue weighted by Gasteiger charge is 2.21. The summed E-state index contributed by atoms with van der Waals surface area (Å²) in [5, 5.41) is 10.1. The van der Waals surface area contributed by atoms with E-state index in [0.717, 1.165) is 0 Å². The average molecular weight is 404 g/mol. The summed E-state index contributed by atoms with van der Waals surface area (Å²) in [5.41, 5.74) is 0.684. The Hall–Kier alpha value is -2.52. The number of halogens is 2. The molecule has 1 heterocycles. The second-order valence-corrected chi connectivity index (χ2v) is 8.00. The number of nitriles is 1. The van der Waals surface area contributed by atoms with Crippen LogP contribution in [-0.2, 0) is 9.84 Å². The van der Waals surface area contributed by atoms with Gasteiger partial charge in [-0.1, -0.05) is 41.4 Å². The Kier molecular flexibility index (Phi) is 5.19. The lowest BCUT2D eigenvalue weighted by atomic mass is 10.2. The number of sulfone groups is 1. The molecule has 1 aromatic heterocycles.